The molecule has 1 aromatic heterocycles. The number of para-hydroxylation sites is 2. The number of ether oxygens (including phenoxy) is 1. The maximum atomic E-state index is 11.0. The highest BCUT2D eigenvalue weighted by Gasteiger charge is 2.18. The van der Waals surface area contributed by atoms with E-state index >= 15 is 0 Å². The van der Waals surface area contributed by atoms with Crippen molar-refractivity contribution < 1.29 is 14.5 Å². The minimum atomic E-state index is -0.457. The molecular formula is C17H16N4O4S. The number of fused-ring (bicyclic) bond motifs is 1. The summed E-state index contributed by atoms with van der Waals surface area (Å²) in [6.07, 6.45) is 0.208. The minimum absolute atomic E-state index is 0.0316. The molecule has 3 aromatic rings. The fourth-order valence-electron chi connectivity index (χ4n) is 2.55. The maximum Gasteiger partial charge on any atom is 0.271 e. The Morgan fingerprint density at radius 2 is 2.12 bits per heavy atom. The first-order chi connectivity index (χ1) is 12.5. The number of imidazole rings is 1. The van der Waals surface area contributed by atoms with Gasteiger partial charge in [-0.2, -0.15) is 0 Å². The van der Waals surface area contributed by atoms with Crippen molar-refractivity contribution in [3.05, 3.63) is 52.6 Å². The van der Waals surface area contributed by atoms with Gasteiger partial charge in [0.15, 0.2) is 5.16 Å². The lowest BCUT2D eigenvalue weighted by Gasteiger charge is -2.12. The lowest BCUT2D eigenvalue weighted by atomic mass is 10.2. The van der Waals surface area contributed by atoms with E-state index in [0.717, 1.165) is 5.69 Å². The molecule has 3 rings (SSSR count). The van der Waals surface area contributed by atoms with Gasteiger partial charge in [0.2, 0.25) is 5.91 Å². The number of nitro groups is 1. The third-order valence-electron chi connectivity index (χ3n) is 3.72. The number of benzene rings is 2. The van der Waals surface area contributed by atoms with Crippen molar-refractivity contribution in [1.82, 2.24) is 9.55 Å². The Balaban J connectivity index is 2.16. The number of primary amides is 1. The second kappa shape index (κ2) is 7.44. The van der Waals surface area contributed by atoms with Gasteiger partial charge in [-0.1, -0.05) is 23.9 Å². The number of aromatic nitrogens is 2. The monoisotopic (exact) mass is 372 g/mol. The predicted molar refractivity (Wildman–Crippen MR) is 98.8 cm³/mol. The Bertz CT molecular complexity index is 986. The molecule has 0 unspecified atom stereocenters. The number of carbonyl (C=O) groups is 1. The molecular weight excluding hydrogens is 356 g/mol. The van der Waals surface area contributed by atoms with Gasteiger partial charge in [-0.25, -0.2) is 4.98 Å². The number of thioether (sulfide) groups is 1. The van der Waals surface area contributed by atoms with Gasteiger partial charge in [-0.3, -0.25) is 19.5 Å². The summed E-state index contributed by atoms with van der Waals surface area (Å²) in [7, 11) is 1.57. The number of rotatable bonds is 7. The standard InChI is InChI=1S/C17H16N4O4S/c1-25-15-5-3-2-4-14(15)20-13-7-6-11(21(23)24)10-12(13)19-17(20)26-9-8-16(18)22/h2-7,10H,8-9H2,1H3,(H2,18,22). The molecule has 0 bridgehead atoms. The Morgan fingerprint density at radius 1 is 1.35 bits per heavy atom. The summed E-state index contributed by atoms with van der Waals surface area (Å²) in [6.45, 7) is 0. The molecule has 9 heteroatoms. The number of nitro benzene ring substituents is 1. The van der Waals surface area contributed by atoms with Crippen LogP contribution in [0, 0.1) is 10.1 Å². The molecule has 2 aromatic carbocycles. The zero-order chi connectivity index (χ0) is 18.7. The number of carbonyl (C=O) groups excluding carboxylic acids is 1. The first-order valence-corrected chi connectivity index (χ1v) is 8.71. The number of amides is 1. The molecule has 0 saturated heterocycles. The Morgan fingerprint density at radius 3 is 2.81 bits per heavy atom. The lowest BCUT2D eigenvalue weighted by Crippen LogP contribution is -2.11. The third-order valence-corrected chi connectivity index (χ3v) is 4.66. The first-order valence-electron chi connectivity index (χ1n) is 7.72. The summed E-state index contributed by atoms with van der Waals surface area (Å²) in [4.78, 5) is 26.1. The van der Waals surface area contributed by atoms with Crippen molar-refractivity contribution >= 4 is 34.4 Å². The maximum absolute atomic E-state index is 11.0. The molecule has 0 aliphatic heterocycles. The van der Waals surface area contributed by atoms with Crippen molar-refractivity contribution in [3.63, 3.8) is 0 Å². The third kappa shape index (κ3) is 3.47. The van der Waals surface area contributed by atoms with Crippen molar-refractivity contribution in [3.8, 4) is 11.4 Å². The van der Waals surface area contributed by atoms with Crippen molar-refractivity contribution in [1.29, 1.82) is 0 Å². The van der Waals surface area contributed by atoms with E-state index in [-0.39, 0.29) is 12.1 Å². The van der Waals surface area contributed by atoms with E-state index in [1.165, 1.54) is 23.9 Å². The number of nitrogens with two attached hydrogens (primary N) is 1. The van der Waals surface area contributed by atoms with Gasteiger partial charge in [0.05, 0.1) is 28.8 Å². The summed E-state index contributed by atoms with van der Waals surface area (Å²) >= 11 is 1.36. The van der Waals surface area contributed by atoms with Crippen LogP contribution in [0.2, 0.25) is 0 Å². The van der Waals surface area contributed by atoms with E-state index in [4.69, 9.17) is 10.5 Å². The van der Waals surface area contributed by atoms with Gasteiger partial charge < -0.3 is 10.5 Å². The molecule has 0 fully saturated rings. The quantitative estimate of drug-likeness (QED) is 0.387. The minimum Gasteiger partial charge on any atom is -0.495 e. The van der Waals surface area contributed by atoms with Crippen LogP contribution in [0.25, 0.3) is 16.7 Å². The molecule has 0 radical (unpaired) electrons. The molecule has 0 spiro atoms. The smallest absolute Gasteiger partial charge is 0.271 e. The SMILES string of the molecule is COc1ccccc1-n1c(SCCC(N)=O)nc2cc([N+](=O)[O-])ccc21. The molecule has 2 N–H and O–H groups in total. The summed E-state index contributed by atoms with van der Waals surface area (Å²) in [6, 6.07) is 11.9. The molecule has 134 valence electrons. The van der Waals surface area contributed by atoms with E-state index in [2.05, 4.69) is 4.98 Å². The molecule has 0 atom stereocenters. The van der Waals surface area contributed by atoms with Crippen molar-refractivity contribution in [2.45, 2.75) is 11.6 Å². The highest BCUT2D eigenvalue weighted by Crippen LogP contribution is 2.33. The van der Waals surface area contributed by atoms with Crippen LogP contribution in [0.15, 0.2) is 47.6 Å². The molecule has 26 heavy (non-hydrogen) atoms. The van der Waals surface area contributed by atoms with Crippen LogP contribution in [-0.4, -0.2) is 33.2 Å². The summed E-state index contributed by atoms with van der Waals surface area (Å²) in [5.41, 5.74) is 7.13. The average Bonchev–Trinajstić information content (AvgIpc) is 2.98. The fourth-order valence-corrected chi connectivity index (χ4v) is 3.52. The van der Waals surface area contributed by atoms with Crippen LogP contribution < -0.4 is 10.5 Å². The van der Waals surface area contributed by atoms with Gasteiger partial charge in [0.25, 0.3) is 5.69 Å². The van der Waals surface area contributed by atoms with Crippen LogP contribution in [0.1, 0.15) is 6.42 Å². The van der Waals surface area contributed by atoms with Crippen molar-refractivity contribution in [2.24, 2.45) is 5.73 Å². The van der Waals surface area contributed by atoms with Crippen LogP contribution >= 0.6 is 11.8 Å². The number of nitrogens with zero attached hydrogens (tertiary/aromatic N) is 3. The number of non-ortho nitro benzene ring substituents is 1. The highest BCUT2D eigenvalue weighted by atomic mass is 32.2. The summed E-state index contributed by atoms with van der Waals surface area (Å²) in [5.74, 6) is 0.700. The summed E-state index contributed by atoms with van der Waals surface area (Å²) in [5, 5.41) is 11.7. The van der Waals surface area contributed by atoms with E-state index in [1.54, 1.807) is 13.2 Å². The van der Waals surface area contributed by atoms with Gasteiger partial charge in [-0.05, 0) is 18.2 Å². The van der Waals surface area contributed by atoms with E-state index in [0.29, 0.717) is 27.7 Å². The number of hydrogen-bond donors (Lipinski definition) is 1. The lowest BCUT2D eigenvalue weighted by molar-refractivity contribution is -0.384. The second-order valence-electron chi connectivity index (χ2n) is 5.40. The molecule has 0 saturated carbocycles. The van der Waals surface area contributed by atoms with Crippen LogP contribution in [0.4, 0.5) is 5.69 Å². The van der Waals surface area contributed by atoms with E-state index in [9.17, 15) is 14.9 Å². The topological polar surface area (TPSA) is 113 Å². The molecule has 0 aliphatic rings. The van der Waals surface area contributed by atoms with Crippen molar-refractivity contribution in [2.75, 3.05) is 12.9 Å². The Hall–Kier alpha value is -3.07. The number of methoxy groups -OCH3 is 1. The second-order valence-corrected chi connectivity index (χ2v) is 6.46. The fraction of sp³-hybridized carbons (Fsp3) is 0.176. The molecule has 0 aliphatic carbocycles. The van der Waals surface area contributed by atoms with Gasteiger partial charge in [-0.15, -0.1) is 0 Å². The Kier molecular flexibility index (Phi) is 5.08. The summed E-state index contributed by atoms with van der Waals surface area (Å²) < 4.78 is 7.30. The van der Waals surface area contributed by atoms with E-state index < -0.39 is 10.8 Å². The largest absolute Gasteiger partial charge is 0.495 e. The zero-order valence-corrected chi connectivity index (χ0v) is 14.7. The predicted octanol–water partition coefficient (Wildman–Crippen LogP) is 2.91. The number of hydrogen-bond acceptors (Lipinski definition) is 6. The first kappa shape index (κ1) is 17.7. The molecule has 1 amide bonds. The van der Waals surface area contributed by atoms with Gasteiger partial charge in [0, 0.05) is 24.3 Å². The zero-order valence-electron chi connectivity index (χ0n) is 13.9. The molecule has 1 heterocycles. The highest BCUT2D eigenvalue weighted by molar-refractivity contribution is 7.99. The average molecular weight is 372 g/mol. The molecule has 8 nitrogen and oxygen atoms in total. The van der Waals surface area contributed by atoms with Gasteiger partial charge >= 0.3 is 0 Å². The normalized spacial score (nSPS) is 10.8. The van der Waals surface area contributed by atoms with Crippen LogP contribution in [0.3, 0.4) is 0 Å². The van der Waals surface area contributed by atoms with Crippen LogP contribution in [0.5, 0.6) is 5.75 Å². The van der Waals surface area contributed by atoms with Gasteiger partial charge in [0.1, 0.15) is 5.75 Å². The van der Waals surface area contributed by atoms with Crippen LogP contribution in [-0.2, 0) is 4.79 Å². The van der Waals surface area contributed by atoms with E-state index in [1.807, 2.05) is 28.8 Å². The Labute approximate surface area is 153 Å².